The van der Waals surface area contributed by atoms with Crippen LogP contribution in [0.25, 0.3) is 11.0 Å². The number of nitro benzene ring substituents is 1. The van der Waals surface area contributed by atoms with Crippen molar-refractivity contribution in [2.24, 2.45) is 5.92 Å². The van der Waals surface area contributed by atoms with Crippen molar-refractivity contribution in [1.82, 2.24) is 9.97 Å². The van der Waals surface area contributed by atoms with Crippen LogP contribution in [0.15, 0.2) is 18.2 Å². The zero-order valence-electron chi connectivity index (χ0n) is 10.8. The molecule has 0 bridgehead atoms. The average molecular weight is 295 g/mol. The molecule has 7 heteroatoms. The van der Waals surface area contributed by atoms with Gasteiger partial charge in [0.05, 0.1) is 16.0 Å². The molecule has 6 nitrogen and oxygen atoms in total. The van der Waals surface area contributed by atoms with Gasteiger partial charge in [0.15, 0.2) is 0 Å². The predicted octanol–water partition coefficient (Wildman–Crippen LogP) is 3.29. The minimum atomic E-state index is -0.410. The summed E-state index contributed by atoms with van der Waals surface area (Å²) < 4.78 is 0. The lowest BCUT2D eigenvalue weighted by atomic mass is 10.1. The summed E-state index contributed by atoms with van der Waals surface area (Å²) in [5.74, 6) is 1.22. The highest BCUT2D eigenvalue weighted by Crippen LogP contribution is 2.29. The quantitative estimate of drug-likeness (QED) is 0.515. The number of alkyl halides is 1. The number of nitrogens with zero attached hydrogens (tertiary/aromatic N) is 2. The first-order valence-corrected chi connectivity index (χ1v) is 7.07. The van der Waals surface area contributed by atoms with Gasteiger partial charge in [0.2, 0.25) is 5.95 Å². The maximum Gasteiger partial charge on any atom is 0.271 e. The van der Waals surface area contributed by atoms with E-state index >= 15 is 0 Å². The zero-order chi connectivity index (χ0) is 14.1. The molecule has 1 heterocycles. The number of H-pyrrole nitrogens is 1. The summed E-state index contributed by atoms with van der Waals surface area (Å²) in [6.07, 6.45) is 3.23. The number of imidazole rings is 1. The van der Waals surface area contributed by atoms with Crippen LogP contribution >= 0.6 is 11.6 Å². The van der Waals surface area contributed by atoms with Gasteiger partial charge in [-0.2, -0.15) is 0 Å². The van der Waals surface area contributed by atoms with E-state index in [2.05, 4.69) is 15.3 Å². The van der Waals surface area contributed by atoms with E-state index in [1.807, 2.05) is 0 Å². The molecule has 20 heavy (non-hydrogen) atoms. The number of nitro groups is 1. The van der Waals surface area contributed by atoms with E-state index in [4.69, 9.17) is 11.6 Å². The van der Waals surface area contributed by atoms with Crippen molar-refractivity contribution in [3.8, 4) is 0 Å². The Morgan fingerprint density at radius 3 is 3.05 bits per heavy atom. The number of fused-ring (bicyclic) bond motifs is 1. The molecular formula is C13H15ClN4O2. The van der Waals surface area contributed by atoms with Gasteiger partial charge in [-0.05, 0) is 31.2 Å². The minimum absolute atomic E-state index is 0.0634. The van der Waals surface area contributed by atoms with E-state index in [1.165, 1.54) is 12.1 Å². The highest BCUT2D eigenvalue weighted by atomic mass is 35.5. The fourth-order valence-electron chi connectivity index (χ4n) is 2.64. The Morgan fingerprint density at radius 2 is 2.35 bits per heavy atom. The average Bonchev–Trinajstić information content (AvgIpc) is 3.00. The Morgan fingerprint density at radius 1 is 1.50 bits per heavy atom. The highest BCUT2D eigenvalue weighted by molar-refractivity contribution is 6.20. The number of hydrogen-bond donors (Lipinski definition) is 2. The third-order valence-corrected chi connectivity index (χ3v) is 4.11. The molecule has 2 unspecified atom stereocenters. The molecule has 1 fully saturated rings. The van der Waals surface area contributed by atoms with Crippen LogP contribution in [0, 0.1) is 16.0 Å². The van der Waals surface area contributed by atoms with E-state index in [0.717, 1.165) is 31.3 Å². The standard InChI is InChI=1S/C13H15ClN4O2/c14-9-2-1-8(5-9)7-15-13-16-11-4-3-10(18(19)20)6-12(11)17-13/h3-4,6,8-9H,1-2,5,7H2,(H2,15,16,17). The molecule has 106 valence electrons. The van der Waals surface area contributed by atoms with Gasteiger partial charge in [-0.15, -0.1) is 11.6 Å². The van der Waals surface area contributed by atoms with Crippen LogP contribution in [-0.2, 0) is 0 Å². The Kier molecular flexibility index (Phi) is 3.48. The Labute approximate surface area is 120 Å². The number of aromatic amines is 1. The third kappa shape index (κ3) is 2.70. The second-order valence-corrected chi connectivity index (χ2v) is 5.82. The Bertz CT molecular complexity index is 642. The fourth-order valence-corrected chi connectivity index (χ4v) is 3.01. The number of anilines is 1. The molecule has 3 rings (SSSR count). The summed E-state index contributed by atoms with van der Waals surface area (Å²) in [6.45, 7) is 0.825. The Hall–Kier alpha value is -1.82. The van der Waals surface area contributed by atoms with Crippen molar-refractivity contribution in [2.75, 3.05) is 11.9 Å². The summed E-state index contributed by atoms with van der Waals surface area (Å²) in [7, 11) is 0. The second-order valence-electron chi connectivity index (χ2n) is 5.20. The van der Waals surface area contributed by atoms with Crippen molar-refractivity contribution in [2.45, 2.75) is 24.6 Å². The summed E-state index contributed by atoms with van der Waals surface area (Å²) in [5.41, 5.74) is 1.46. The van der Waals surface area contributed by atoms with E-state index in [-0.39, 0.29) is 5.69 Å². The number of benzene rings is 1. The molecule has 1 aliphatic rings. The molecule has 1 aliphatic carbocycles. The summed E-state index contributed by atoms with van der Waals surface area (Å²) in [4.78, 5) is 17.8. The maximum atomic E-state index is 10.7. The third-order valence-electron chi connectivity index (χ3n) is 3.71. The van der Waals surface area contributed by atoms with Crippen molar-refractivity contribution in [1.29, 1.82) is 0 Å². The SMILES string of the molecule is O=[N+]([O-])c1ccc2nc(NCC3CCC(Cl)C3)[nH]c2c1. The lowest BCUT2D eigenvalue weighted by Crippen LogP contribution is -2.12. The lowest BCUT2D eigenvalue weighted by molar-refractivity contribution is -0.384. The predicted molar refractivity (Wildman–Crippen MR) is 78.2 cm³/mol. The van der Waals surface area contributed by atoms with Crippen molar-refractivity contribution in [3.63, 3.8) is 0 Å². The van der Waals surface area contributed by atoms with E-state index in [0.29, 0.717) is 22.8 Å². The molecule has 2 atom stereocenters. The van der Waals surface area contributed by atoms with Crippen molar-refractivity contribution in [3.05, 3.63) is 28.3 Å². The van der Waals surface area contributed by atoms with Gasteiger partial charge in [0.25, 0.3) is 5.69 Å². The van der Waals surface area contributed by atoms with Gasteiger partial charge >= 0.3 is 0 Å². The van der Waals surface area contributed by atoms with Crippen LogP contribution in [0.1, 0.15) is 19.3 Å². The van der Waals surface area contributed by atoms with Crippen LogP contribution in [0.2, 0.25) is 0 Å². The first-order chi connectivity index (χ1) is 9.61. The topological polar surface area (TPSA) is 83.8 Å². The molecule has 2 N–H and O–H groups in total. The van der Waals surface area contributed by atoms with E-state index < -0.39 is 4.92 Å². The number of halogens is 1. The van der Waals surface area contributed by atoms with Crippen molar-refractivity contribution >= 4 is 34.3 Å². The van der Waals surface area contributed by atoms with Gasteiger partial charge in [0, 0.05) is 24.1 Å². The van der Waals surface area contributed by atoms with Gasteiger partial charge in [-0.3, -0.25) is 10.1 Å². The second kappa shape index (κ2) is 5.28. The fraction of sp³-hybridized carbons (Fsp3) is 0.462. The largest absolute Gasteiger partial charge is 0.356 e. The maximum absolute atomic E-state index is 10.7. The number of aromatic nitrogens is 2. The molecule has 0 aliphatic heterocycles. The van der Waals surface area contributed by atoms with Crippen LogP contribution in [0.4, 0.5) is 11.6 Å². The molecule has 2 aromatic rings. The molecular weight excluding hydrogens is 280 g/mol. The van der Waals surface area contributed by atoms with Gasteiger partial charge in [-0.25, -0.2) is 4.98 Å². The lowest BCUT2D eigenvalue weighted by Gasteiger charge is -2.09. The monoisotopic (exact) mass is 294 g/mol. The van der Waals surface area contributed by atoms with Gasteiger partial charge in [0.1, 0.15) is 0 Å². The normalized spacial score (nSPS) is 22.2. The van der Waals surface area contributed by atoms with Crippen LogP contribution in [0.5, 0.6) is 0 Å². The molecule has 0 saturated heterocycles. The van der Waals surface area contributed by atoms with E-state index in [9.17, 15) is 10.1 Å². The first-order valence-electron chi connectivity index (χ1n) is 6.64. The summed E-state index contributed by atoms with van der Waals surface area (Å²) in [5, 5.41) is 14.3. The van der Waals surface area contributed by atoms with Gasteiger partial charge < -0.3 is 10.3 Å². The van der Waals surface area contributed by atoms with Gasteiger partial charge in [-0.1, -0.05) is 0 Å². The first kappa shape index (κ1) is 13.2. The van der Waals surface area contributed by atoms with Crippen molar-refractivity contribution < 1.29 is 4.92 Å². The number of non-ortho nitro benzene ring substituents is 1. The highest BCUT2D eigenvalue weighted by Gasteiger charge is 2.22. The smallest absolute Gasteiger partial charge is 0.271 e. The molecule has 1 aromatic heterocycles. The number of hydrogen-bond acceptors (Lipinski definition) is 4. The summed E-state index contributed by atoms with van der Waals surface area (Å²) >= 11 is 6.08. The minimum Gasteiger partial charge on any atom is -0.356 e. The molecule has 0 spiro atoms. The summed E-state index contributed by atoms with van der Waals surface area (Å²) in [6, 6.07) is 4.61. The molecule has 1 saturated carbocycles. The molecule has 0 amide bonds. The number of rotatable bonds is 4. The molecule has 1 aromatic carbocycles. The van der Waals surface area contributed by atoms with Crippen LogP contribution in [0.3, 0.4) is 0 Å². The molecule has 0 radical (unpaired) electrons. The number of nitrogens with one attached hydrogen (secondary N) is 2. The zero-order valence-corrected chi connectivity index (χ0v) is 11.6. The van der Waals surface area contributed by atoms with Crippen LogP contribution < -0.4 is 5.32 Å². The van der Waals surface area contributed by atoms with E-state index in [1.54, 1.807) is 6.07 Å². The Balaban J connectivity index is 1.71. The van der Waals surface area contributed by atoms with Crippen LogP contribution in [-0.4, -0.2) is 26.8 Å².